The molecule has 11 heteroatoms. The van der Waals surface area contributed by atoms with Crippen molar-refractivity contribution >= 4 is 33.4 Å². The molecule has 0 aliphatic carbocycles. The largest absolute Gasteiger partial charge is 0.454 e. The summed E-state index contributed by atoms with van der Waals surface area (Å²) in [5.74, 6) is 0.854. The van der Waals surface area contributed by atoms with Gasteiger partial charge in [0.05, 0.1) is 15.5 Å². The van der Waals surface area contributed by atoms with Gasteiger partial charge in [0.15, 0.2) is 11.5 Å². The summed E-state index contributed by atoms with van der Waals surface area (Å²) in [5, 5.41) is 2.88. The lowest BCUT2D eigenvalue weighted by Crippen LogP contribution is -2.31. The van der Waals surface area contributed by atoms with Crippen LogP contribution in [0.5, 0.6) is 11.5 Å². The molecule has 4 rings (SSSR count). The van der Waals surface area contributed by atoms with Crippen LogP contribution < -0.4 is 19.5 Å². The molecule has 2 N–H and O–H groups in total. The lowest BCUT2D eigenvalue weighted by atomic mass is 10.1. The van der Waals surface area contributed by atoms with E-state index in [0.717, 1.165) is 12.0 Å². The number of fused-ring (bicyclic) bond motifs is 1. The van der Waals surface area contributed by atoms with Crippen molar-refractivity contribution in [3.8, 4) is 11.5 Å². The monoisotopic (exact) mass is 493 g/mol. The fourth-order valence-corrected chi connectivity index (χ4v) is 4.98. The fourth-order valence-electron chi connectivity index (χ4n) is 3.67. The van der Waals surface area contributed by atoms with Crippen LogP contribution in [0.15, 0.2) is 41.3 Å². The van der Waals surface area contributed by atoms with Crippen molar-refractivity contribution in [2.75, 3.05) is 26.4 Å². The van der Waals surface area contributed by atoms with Crippen LogP contribution in [0.2, 0.25) is 5.02 Å². The molecule has 2 aliphatic heterocycles. The number of carbonyl (C=O) groups excluding carboxylic acids is 2. The SMILES string of the molecule is O=C(NCc1ccc2c(c1)OCO2)c1cc(S(=O)(=O)NCCCN2CCCC2=O)ccc1Cl. The maximum Gasteiger partial charge on any atom is 0.253 e. The molecule has 1 saturated heterocycles. The summed E-state index contributed by atoms with van der Waals surface area (Å²) in [6.07, 6.45) is 1.90. The Bertz CT molecular complexity index is 1170. The summed E-state index contributed by atoms with van der Waals surface area (Å²) in [6, 6.07) is 9.32. The molecule has 0 atom stereocenters. The Balaban J connectivity index is 1.35. The summed E-state index contributed by atoms with van der Waals surface area (Å²) in [4.78, 5) is 26.0. The Morgan fingerprint density at radius 1 is 1.12 bits per heavy atom. The van der Waals surface area contributed by atoms with Crippen LogP contribution >= 0.6 is 11.6 Å². The van der Waals surface area contributed by atoms with E-state index in [2.05, 4.69) is 10.0 Å². The highest BCUT2D eigenvalue weighted by Crippen LogP contribution is 2.32. The Hall–Kier alpha value is -2.82. The second-order valence-electron chi connectivity index (χ2n) is 7.75. The zero-order valence-corrected chi connectivity index (χ0v) is 19.4. The number of ether oxygens (including phenoxy) is 2. The Kier molecular flexibility index (Phi) is 7.06. The van der Waals surface area contributed by atoms with Crippen LogP contribution in [0.3, 0.4) is 0 Å². The molecule has 0 bridgehead atoms. The number of carbonyl (C=O) groups is 2. The second-order valence-corrected chi connectivity index (χ2v) is 9.92. The van der Waals surface area contributed by atoms with Crippen molar-refractivity contribution in [3.63, 3.8) is 0 Å². The first-order valence-electron chi connectivity index (χ1n) is 10.6. The van der Waals surface area contributed by atoms with Crippen LogP contribution in [0.1, 0.15) is 35.2 Å². The van der Waals surface area contributed by atoms with Gasteiger partial charge in [-0.1, -0.05) is 17.7 Å². The van der Waals surface area contributed by atoms with Gasteiger partial charge in [0.25, 0.3) is 5.91 Å². The molecule has 2 aromatic carbocycles. The smallest absolute Gasteiger partial charge is 0.253 e. The van der Waals surface area contributed by atoms with E-state index < -0.39 is 15.9 Å². The van der Waals surface area contributed by atoms with Crippen molar-refractivity contribution < 1.29 is 27.5 Å². The third-order valence-electron chi connectivity index (χ3n) is 5.45. The van der Waals surface area contributed by atoms with Gasteiger partial charge < -0.3 is 19.7 Å². The van der Waals surface area contributed by atoms with Crippen LogP contribution in [0, 0.1) is 0 Å². The van der Waals surface area contributed by atoms with Gasteiger partial charge in [-0.2, -0.15) is 0 Å². The van der Waals surface area contributed by atoms with Crippen LogP contribution in [0.4, 0.5) is 0 Å². The van der Waals surface area contributed by atoms with E-state index in [1.54, 1.807) is 23.1 Å². The average molecular weight is 494 g/mol. The zero-order valence-electron chi connectivity index (χ0n) is 17.8. The van der Waals surface area contributed by atoms with E-state index >= 15 is 0 Å². The molecule has 0 unspecified atom stereocenters. The van der Waals surface area contributed by atoms with E-state index in [4.69, 9.17) is 21.1 Å². The first-order valence-corrected chi connectivity index (χ1v) is 12.4. The first-order chi connectivity index (χ1) is 15.8. The molecule has 2 amide bonds. The molecule has 0 spiro atoms. The number of amides is 2. The maximum atomic E-state index is 12.7. The normalized spacial score (nSPS) is 15.2. The van der Waals surface area contributed by atoms with E-state index in [0.29, 0.717) is 37.4 Å². The number of nitrogens with zero attached hydrogens (tertiary/aromatic N) is 1. The molecule has 33 heavy (non-hydrogen) atoms. The molecule has 2 aromatic rings. The second kappa shape index (κ2) is 9.98. The number of rotatable bonds is 9. The van der Waals surface area contributed by atoms with Gasteiger partial charge in [0.1, 0.15) is 0 Å². The number of sulfonamides is 1. The summed E-state index contributed by atoms with van der Waals surface area (Å²) < 4.78 is 38.5. The Labute approximate surface area is 197 Å². The molecular weight excluding hydrogens is 470 g/mol. The predicted molar refractivity (Wildman–Crippen MR) is 121 cm³/mol. The van der Waals surface area contributed by atoms with Gasteiger partial charge in [0.2, 0.25) is 22.7 Å². The van der Waals surface area contributed by atoms with Crippen molar-refractivity contribution in [2.45, 2.75) is 30.7 Å². The highest BCUT2D eigenvalue weighted by atomic mass is 35.5. The highest BCUT2D eigenvalue weighted by Gasteiger charge is 2.21. The fraction of sp³-hybridized carbons (Fsp3) is 0.364. The standard InChI is InChI=1S/C22H24ClN3O6S/c23-18-6-5-16(33(29,30)25-8-2-10-26-9-1-3-21(26)27)12-17(18)22(28)24-13-15-4-7-19-20(11-15)32-14-31-19/h4-7,11-12,25H,1-3,8-10,13-14H2,(H,24,28). The minimum absolute atomic E-state index is 0.0580. The van der Waals surface area contributed by atoms with Gasteiger partial charge in [-0.15, -0.1) is 0 Å². The highest BCUT2D eigenvalue weighted by molar-refractivity contribution is 7.89. The van der Waals surface area contributed by atoms with Crippen LogP contribution in [-0.2, 0) is 21.4 Å². The summed E-state index contributed by atoms with van der Waals surface area (Å²) in [5.41, 5.74) is 0.855. The molecule has 9 nitrogen and oxygen atoms in total. The van der Waals surface area contributed by atoms with E-state index in [-0.39, 0.29) is 41.3 Å². The molecule has 176 valence electrons. The molecule has 0 aromatic heterocycles. The van der Waals surface area contributed by atoms with Crippen molar-refractivity contribution in [1.82, 2.24) is 14.9 Å². The summed E-state index contributed by atoms with van der Waals surface area (Å²) in [7, 11) is -3.84. The van der Waals surface area contributed by atoms with Gasteiger partial charge in [-0.05, 0) is 48.7 Å². The topological polar surface area (TPSA) is 114 Å². The number of hydrogen-bond acceptors (Lipinski definition) is 6. The van der Waals surface area contributed by atoms with Gasteiger partial charge in [-0.25, -0.2) is 13.1 Å². The number of benzene rings is 2. The van der Waals surface area contributed by atoms with Gasteiger partial charge >= 0.3 is 0 Å². The number of likely N-dealkylation sites (tertiary alicyclic amines) is 1. The van der Waals surface area contributed by atoms with E-state index in [9.17, 15) is 18.0 Å². The molecule has 2 aliphatic rings. The molecule has 0 saturated carbocycles. The third kappa shape index (κ3) is 5.58. The van der Waals surface area contributed by atoms with Crippen molar-refractivity contribution in [1.29, 1.82) is 0 Å². The molecule has 2 heterocycles. The Morgan fingerprint density at radius 3 is 2.73 bits per heavy atom. The van der Waals surface area contributed by atoms with E-state index in [1.165, 1.54) is 18.2 Å². The quantitative estimate of drug-likeness (QED) is 0.518. The average Bonchev–Trinajstić information content (AvgIpc) is 3.43. The lowest BCUT2D eigenvalue weighted by Gasteiger charge is -2.15. The molecule has 1 fully saturated rings. The molecule has 0 radical (unpaired) electrons. The van der Waals surface area contributed by atoms with E-state index in [1.807, 2.05) is 0 Å². The van der Waals surface area contributed by atoms with Crippen molar-refractivity contribution in [3.05, 3.63) is 52.5 Å². The summed E-state index contributed by atoms with van der Waals surface area (Å²) >= 11 is 6.16. The third-order valence-corrected chi connectivity index (χ3v) is 7.24. The van der Waals surface area contributed by atoms with Crippen molar-refractivity contribution in [2.24, 2.45) is 0 Å². The maximum absolute atomic E-state index is 12.7. The predicted octanol–water partition coefficient (Wildman–Crippen LogP) is 2.29. The Morgan fingerprint density at radius 2 is 1.94 bits per heavy atom. The van der Waals surface area contributed by atoms with Crippen LogP contribution in [-0.4, -0.2) is 51.6 Å². The summed E-state index contributed by atoms with van der Waals surface area (Å²) in [6.45, 7) is 1.77. The molecular formula is C22H24ClN3O6S. The number of hydrogen-bond donors (Lipinski definition) is 2. The first kappa shape index (κ1) is 23.3. The van der Waals surface area contributed by atoms with Crippen LogP contribution in [0.25, 0.3) is 0 Å². The lowest BCUT2D eigenvalue weighted by molar-refractivity contribution is -0.127. The van der Waals surface area contributed by atoms with Gasteiger partial charge in [-0.3, -0.25) is 9.59 Å². The minimum Gasteiger partial charge on any atom is -0.454 e. The minimum atomic E-state index is -3.84. The number of nitrogens with one attached hydrogen (secondary N) is 2. The number of halogens is 1. The zero-order chi connectivity index (χ0) is 23.4. The van der Waals surface area contributed by atoms with Gasteiger partial charge in [0, 0.05) is 32.6 Å².